The summed E-state index contributed by atoms with van der Waals surface area (Å²) in [7, 11) is 0. The average molecular weight is 349 g/mol. The highest BCUT2D eigenvalue weighted by Gasteiger charge is 2.15. The first-order chi connectivity index (χ1) is 11.7. The lowest BCUT2D eigenvalue weighted by Gasteiger charge is -2.30. The highest BCUT2D eigenvalue weighted by atomic mass is 32.2. The van der Waals surface area contributed by atoms with Crippen LogP contribution in [0.2, 0.25) is 0 Å². The van der Waals surface area contributed by atoms with E-state index in [1.807, 2.05) is 36.0 Å². The molecule has 3 N–H and O–H groups in total. The molecule has 0 aromatic heterocycles. The number of aliphatic imine (C=N–C) groups is 1. The van der Waals surface area contributed by atoms with Gasteiger partial charge in [0.05, 0.1) is 6.54 Å². The number of ketones is 1. The summed E-state index contributed by atoms with van der Waals surface area (Å²) in [6.45, 7) is 5.15. The number of benzene rings is 1. The maximum absolute atomic E-state index is 11.6. The predicted octanol–water partition coefficient (Wildman–Crippen LogP) is 2.83. The number of carbonyl (C=O) groups excluding carboxylic acids is 1. The number of Topliss-reactive ketones (excluding diaryl/α,β-unsaturated/α-hetero) is 1. The maximum Gasteiger partial charge on any atom is 0.198 e. The fourth-order valence-electron chi connectivity index (χ4n) is 2.67. The zero-order valence-electron chi connectivity index (χ0n) is 14.5. The standard InChI is InChI=1S/C18H28N4OS/c1-15(23)16-6-5-7-17(14-16)21-18(20-9-13-24-12-8-19)22-10-3-2-4-11-22/h5-7,14H,2-4,8-13,19H2,1H3,(H,20,21). The summed E-state index contributed by atoms with van der Waals surface area (Å²) >= 11 is 1.83. The second-order valence-electron chi connectivity index (χ2n) is 5.92. The van der Waals surface area contributed by atoms with Crippen LogP contribution in [0.5, 0.6) is 0 Å². The molecule has 132 valence electrons. The summed E-state index contributed by atoms with van der Waals surface area (Å²) in [4.78, 5) is 18.7. The Labute approximate surface area is 149 Å². The van der Waals surface area contributed by atoms with Gasteiger partial charge in [0, 0.05) is 42.4 Å². The van der Waals surface area contributed by atoms with E-state index in [-0.39, 0.29) is 5.78 Å². The molecule has 0 spiro atoms. The summed E-state index contributed by atoms with van der Waals surface area (Å²) in [5.41, 5.74) is 7.16. The van der Waals surface area contributed by atoms with Crippen molar-refractivity contribution in [1.29, 1.82) is 0 Å². The first kappa shape index (κ1) is 18.8. The highest BCUT2D eigenvalue weighted by Crippen LogP contribution is 2.15. The van der Waals surface area contributed by atoms with Gasteiger partial charge in [-0.05, 0) is 38.3 Å². The summed E-state index contributed by atoms with van der Waals surface area (Å²) in [6, 6.07) is 7.62. The molecule has 2 rings (SSSR count). The molecule has 24 heavy (non-hydrogen) atoms. The van der Waals surface area contributed by atoms with Gasteiger partial charge in [-0.2, -0.15) is 11.8 Å². The first-order valence-electron chi connectivity index (χ1n) is 8.66. The molecule has 0 bridgehead atoms. The van der Waals surface area contributed by atoms with Gasteiger partial charge in [-0.15, -0.1) is 0 Å². The van der Waals surface area contributed by atoms with Crippen molar-refractivity contribution < 1.29 is 4.79 Å². The number of anilines is 1. The van der Waals surface area contributed by atoms with E-state index >= 15 is 0 Å². The third-order valence-corrected chi connectivity index (χ3v) is 4.94. The average Bonchev–Trinajstić information content (AvgIpc) is 2.61. The van der Waals surface area contributed by atoms with Crippen LogP contribution in [-0.2, 0) is 0 Å². The van der Waals surface area contributed by atoms with E-state index in [4.69, 9.17) is 10.7 Å². The van der Waals surface area contributed by atoms with E-state index in [2.05, 4.69) is 10.2 Å². The number of piperidine rings is 1. The number of likely N-dealkylation sites (tertiary alicyclic amines) is 1. The zero-order chi connectivity index (χ0) is 17.2. The van der Waals surface area contributed by atoms with Crippen molar-refractivity contribution in [2.45, 2.75) is 26.2 Å². The van der Waals surface area contributed by atoms with Crippen LogP contribution >= 0.6 is 11.8 Å². The minimum Gasteiger partial charge on any atom is -0.343 e. The van der Waals surface area contributed by atoms with E-state index in [1.54, 1.807) is 6.92 Å². The van der Waals surface area contributed by atoms with Gasteiger partial charge in [0.15, 0.2) is 11.7 Å². The molecule has 1 aliphatic rings. The van der Waals surface area contributed by atoms with Gasteiger partial charge in [0.25, 0.3) is 0 Å². The Balaban J connectivity index is 2.05. The van der Waals surface area contributed by atoms with Crippen LogP contribution in [0.15, 0.2) is 29.3 Å². The molecule has 0 saturated carbocycles. The van der Waals surface area contributed by atoms with E-state index in [9.17, 15) is 4.79 Å². The Morgan fingerprint density at radius 2 is 2.08 bits per heavy atom. The number of carbonyl (C=O) groups is 1. The molecule has 1 fully saturated rings. The second kappa shape index (κ2) is 10.4. The highest BCUT2D eigenvalue weighted by molar-refractivity contribution is 7.99. The fourth-order valence-corrected chi connectivity index (χ4v) is 3.26. The van der Waals surface area contributed by atoms with Gasteiger partial charge in [-0.25, -0.2) is 0 Å². The quantitative estimate of drug-likeness (QED) is 0.343. The summed E-state index contributed by atoms with van der Waals surface area (Å²) in [5.74, 6) is 2.95. The van der Waals surface area contributed by atoms with Crippen LogP contribution in [-0.4, -0.2) is 54.3 Å². The van der Waals surface area contributed by atoms with Crippen LogP contribution in [0.25, 0.3) is 0 Å². The molecule has 1 aromatic rings. The van der Waals surface area contributed by atoms with Crippen LogP contribution in [0.1, 0.15) is 36.5 Å². The Hall–Kier alpha value is -1.53. The van der Waals surface area contributed by atoms with E-state index in [0.29, 0.717) is 6.54 Å². The minimum absolute atomic E-state index is 0.0771. The molecule has 6 heteroatoms. The first-order valence-corrected chi connectivity index (χ1v) is 9.81. The van der Waals surface area contributed by atoms with Gasteiger partial charge < -0.3 is 16.0 Å². The molecule has 0 amide bonds. The number of rotatable bonds is 7. The fraction of sp³-hybridized carbons (Fsp3) is 0.556. The summed E-state index contributed by atoms with van der Waals surface area (Å²) < 4.78 is 0. The third kappa shape index (κ3) is 6.17. The Morgan fingerprint density at radius 1 is 1.29 bits per heavy atom. The van der Waals surface area contributed by atoms with Crippen molar-refractivity contribution in [3.63, 3.8) is 0 Å². The Kier molecular flexibility index (Phi) is 8.12. The smallest absolute Gasteiger partial charge is 0.198 e. The van der Waals surface area contributed by atoms with E-state index in [0.717, 1.165) is 48.4 Å². The number of hydrogen-bond donors (Lipinski definition) is 2. The molecule has 0 aliphatic carbocycles. The zero-order valence-corrected chi connectivity index (χ0v) is 15.3. The Morgan fingerprint density at radius 3 is 2.79 bits per heavy atom. The molecule has 1 aliphatic heterocycles. The molecule has 0 unspecified atom stereocenters. The van der Waals surface area contributed by atoms with Crippen molar-refractivity contribution in [3.8, 4) is 0 Å². The lowest BCUT2D eigenvalue weighted by atomic mass is 10.1. The number of nitrogens with zero attached hydrogens (tertiary/aromatic N) is 2. The predicted molar refractivity (Wildman–Crippen MR) is 104 cm³/mol. The lowest BCUT2D eigenvalue weighted by molar-refractivity contribution is 0.101. The molecule has 1 aromatic carbocycles. The van der Waals surface area contributed by atoms with Crippen LogP contribution in [0.4, 0.5) is 5.69 Å². The topological polar surface area (TPSA) is 70.7 Å². The maximum atomic E-state index is 11.6. The number of thioether (sulfide) groups is 1. The SMILES string of the molecule is CC(=O)c1cccc(NC(=NCCSCCN)N2CCCCC2)c1. The van der Waals surface area contributed by atoms with Gasteiger partial charge in [0.2, 0.25) is 0 Å². The third-order valence-electron chi connectivity index (χ3n) is 3.94. The van der Waals surface area contributed by atoms with E-state index in [1.165, 1.54) is 19.3 Å². The van der Waals surface area contributed by atoms with Crippen molar-refractivity contribution >= 4 is 29.2 Å². The normalized spacial score (nSPS) is 15.4. The number of hydrogen-bond acceptors (Lipinski definition) is 4. The summed E-state index contributed by atoms with van der Waals surface area (Å²) in [5, 5.41) is 3.42. The largest absolute Gasteiger partial charge is 0.343 e. The number of nitrogens with one attached hydrogen (secondary N) is 1. The van der Waals surface area contributed by atoms with Crippen molar-refractivity contribution in [2.24, 2.45) is 10.7 Å². The van der Waals surface area contributed by atoms with Gasteiger partial charge in [-0.1, -0.05) is 12.1 Å². The number of nitrogens with two attached hydrogens (primary N) is 1. The summed E-state index contributed by atoms with van der Waals surface area (Å²) in [6.07, 6.45) is 3.70. The van der Waals surface area contributed by atoms with Gasteiger partial charge in [-0.3, -0.25) is 9.79 Å². The van der Waals surface area contributed by atoms with Crippen molar-refractivity contribution in [1.82, 2.24) is 4.90 Å². The molecule has 0 atom stereocenters. The molecule has 1 saturated heterocycles. The van der Waals surface area contributed by atoms with Crippen LogP contribution in [0.3, 0.4) is 0 Å². The van der Waals surface area contributed by atoms with Crippen LogP contribution in [0, 0.1) is 0 Å². The van der Waals surface area contributed by atoms with Gasteiger partial charge >= 0.3 is 0 Å². The molecular formula is C18H28N4OS. The van der Waals surface area contributed by atoms with Crippen molar-refractivity contribution in [3.05, 3.63) is 29.8 Å². The number of guanidine groups is 1. The molecule has 0 radical (unpaired) electrons. The van der Waals surface area contributed by atoms with Crippen LogP contribution < -0.4 is 11.1 Å². The second-order valence-corrected chi connectivity index (χ2v) is 7.14. The Bertz CT molecular complexity index is 556. The molecule has 1 heterocycles. The van der Waals surface area contributed by atoms with Crippen molar-refractivity contribution in [2.75, 3.05) is 43.0 Å². The monoisotopic (exact) mass is 348 g/mol. The minimum atomic E-state index is 0.0771. The van der Waals surface area contributed by atoms with Gasteiger partial charge in [0.1, 0.15) is 0 Å². The lowest BCUT2D eigenvalue weighted by Crippen LogP contribution is -2.40. The molecule has 5 nitrogen and oxygen atoms in total. The molecular weight excluding hydrogens is 320 g/mol. The van der Waals surface area contributed by atoms with E-state index < -0.39 is 0 Å².